The molecule has 2 aromatic heterocycles. The Labute approximate surface area is 255 Å². The van der Waals surface area contributed by atoms with Crippen molar-refractivity contribution >= 4 is 23.8 Å². The third-order valence-electron chi connectivity index (χ3n) is 7.44. The summed E-state index contributed by atoms with van der Waals surface area (Å²) in [5, 5.41) is 14.2. The van der Waals surface area contributed by atoms with Gasteiger partial charge in [0, 0.05) is 81.6 Å². The molecule has 2 N–H and O–H groups in total. The molecule has 250 valence electrons. The Morgan fingerprint density at radius 2 is 1.33 bits per heavy atom. The Balaban J connectivity index is 0.000000331. The monoisotopic (exact) mass is 650 g/mol. The first-order valence-electron chi connectivity index (χ1n) is 14.4. The minimum Gasteiger partial charge on any atom is -0.475 e. The third-order valence-corrected chi connectivity index (χ3v) is 7.44. The van der Waals surface area contributed by atoms with Gasteiger partial charge >= 0.3 is 24.3 Å². The topological polar surface area (TPSA) is 132 Å². The van der Waals surface area contributed by atoms with Crippen LogP contribution in [0, 0.1) is 5.92 Å². The summed E-state index contributed by atoms with van der Waals surface area (Å²) < 4.78 is 65.7. The smallest absolute Gasteiger partial charge is 0.475 e. The van der Waals surface area contributed by atoms with Crippen LogP contribution < -0.4 is 4.90 Å². The van der Waals surface area contributed by atoms with Crippen molar-refractivity contribution in [3.63, 3.8) is 0 Å². The van der Waals surface area contributed by atoms with Gasteiger partial charge in [-0.3, -0.25) is 9.69 Å². The lowest BCUT2D eigenvalue weighted by Crippen LogP contribution is -2.51. The molecule has 17 heteroatoms. The second kappa shape index (κ2) is 14.9. The van der Waals surface area contributed by atoms with Crippen LogP contribution in [0.15, 0.2) is 24.7 Å². The molecule has 3 fully saturated rings. The van der Waals surface area contributed by atoms with Crippen molar-refractivity contribution in [2.24, 2.45) is 5.92 Å². The quantitative estimate of drug-likeness (QED) is 0.437. The summed E-state index contributed by atoms with van der Waals surface area (Å²) in [7, 11) is 0. The number of amides is 1. The van der Waals surface area contributed by atoms with Crippen LogP contribution >= 0.6 is 0 Å². The van der Waals surface area contributed by atoms with Gasteiger partial charge in [-0.15, -0.1) is 0 Å². The van der Waals surface area contributed by atoms with E-state index in [1.165, 1.54) is 25.7 Å². The highest BCUT2D eigenvalue weighted by Crippen LogP contribution is 2.33. The van der Waals surface area contributed by atoms with E-state index in [-0.39, 0.29) is 5.91 Å². The molecule has 1 amide bonds. The van der Waals surface area contributed by atoms with Gasteiger partial charge < -0.3 is 24.6 Å². The van der Waals surface area contributed by atoms with E-state index in [0.717, 1.165) is 68.6 Å². The summed E-state index contributed by atoms with van der Waals surface area (Å²) in [5.74, 6) is -3.83. The maximum Gasteiger partial charge on any atom is 0.490 e. The standard InChI is InChI=1S/C24H34N6O.2C2HF3O2/c1-18(2)27-9-11-28(12-10-27)23(31)22-13-20(17-30(22)16-19-5-6-19)21-14-25-24(26-15-21)29-7-3-4-8-29;2*3-2(4,5)1(6)7/h13-15,17-19H,3-12,16H2,1-2H3;2*(H,6,7). The summed E-state index contributed by atoms with van der Waals surface area (Å²) >= 11 is 0. The van der Waals surface area contributed by atoms with E-state index < -0.39 is 24.3 Å². The lowest BCUT2D eigenvalue weighted by atomic mass is 10.1. The summed E-state index contributed by atoms with van der Waals surface area (Å²) in [6.07, 6.45) is 0.742. The fraction of sp³-hybridized carbons (Fsp3) is 0.607. The number of carboxylic acid groups (broad SMARTS) is 2. The molecule has 2 aromatic rings. The van der Waals surface area contributed by atoms with Crippen molar-refractivity contribution in [3.8, 4) is 11.1 Å². The summed E-state index contributed by atoms with van der Waals surface area (Å²) in [5.41, 5.74) is 2.83. The van der Waals surface area contributed by atoms with Crippen LogP contribution in [0.4, 0.5) is 32.3 Å². The molecule has 2 saturated heterocycles. The molecule has 0 unspecified atom stereocenters. The average molecular weight is 651 g/mol. The zero-order valence-electron chi connectivity index (χ0n) is 24.8. The molecule has 2 aliphatic heterocycles. The fourth-order valence-electron chi connectivity index (χ4n) is 4.73. The molecule has 1 aliphatic carbocycles. The van der Waals surface area contributed by atoms with Gasteiger partial charge in [-0.05, 0) is 51.5 Å². The lowest BCUT2D eigenvalue weighted by molar-refractivity contribution is -0.193. The molecule has 0 radical (unpaired) electrons. The number of aliphatic carboxylic acids is 2. The van der Waals surface area contributed by atoms with E-state index in [9.17, 15) is 31.1 Å². The first-order chi connectivity index (χ1) is 21.0. The average Bonchev–Trinajstić information content (AvgIpc) is 3.43. The van der Waals surface area contributed by atoms with Gasteiger partial charge in [0.05, 0.1) is 0 Å². The maximum atomic E-state index is 13.4. The van der Waals surface area contributed by atoms with E-state index in [2.05, 4.69) is 44.4 Å². The van der Waals surface area contributed by atoms with Crippen LogP contribution in [0.2, 0.25) is 0 Å². The minimum absolute atomic E-state index is 0.157. The number of hydrogen-bond acceptors (Lipinski definition) is 7. The molecule has 5 rings (SSSR count). The summed E-state index contributed by atoms with van der Waals surface area (Å²) in [4.78, 5) is 47.1. The Morgan fingerprint density at radius 1 is 0.844 bits per heavy atom. The maximum absolute atomic E-state index is 13.4. The third kappa shape index (κ3) is 10.6. The number of carboxylic acids is 2. The Kier molecular flexibility index (Phi) is 11.8. The number of rotatable bonds is 6. The Morgan fingerprint density at radius 3 is 1.76 bits per heavy atom. The Bertz CT molecular complexity index is 1270. The summed E-state index contributed by atoms with van der Waals surface area (Å²) in [6.45, 7) is 11.0. The van der Waals surface area contributed by atoms with E-state index >= 15 is 0 Å². The van der Waals surface area contributed by atoms with E-state index in [0.29, 0.717) is 12.0 Å². The molecule has 4 heterocycles. The van der Waals surface area contributed by atoms with Crippen LogP contribution in [-0.4, -0.2) is 110 Å². The Hall–Kier alpha value is -3.89. The van der Waals surface area contributed by atoms with Crippen LogP contribution in [-0.2, 0) is 16.1 Å². The molecule has 45 heavy (non-hydrogen) atoms. The van der Waals surface area contributed by atoms with E-state index in [1.807, 2.05) is 23.4 Å². The second-order valence-electron chi connectivity index (χ2n) is 11.2. The molecular formula is C28H36F6N6O5. The highest BCUT2D eigenvalue weighted by atomic mass is 19.4. The molecule has 0 atom stereocenters. The molecular weight excluding hydrogens is 614 g/mol. The zero-order valence-corrected chi connectivity index (χ0v) is 24.8. The largest absolute Gasteiger partial charge is 0.490 e. The van der Waals surface area contributed by atoms with Gasteiger partial charge in [0.1, 0.15) is 5.69 Å². The normalized spacial score (nSPS) is 17.4. The first-order valence-corrected chi connectivity index (χ1v) is 14.4. The highest BCUT2D eigenvalue weighted by molar-refractivity contribution is 5.94. The number of alkyl halides is 6. The fourth-order valence-corrected chi connectivity index (χ4v) is 4.73. The van der Waals surface area contributed by atoms with Gasteiger partial charge in [-0.2, -0.15) is 26.3 Å². The summed E-state index contributed by atoms with van der Waals surface area (Å²) in [6, 6.07) is 2.58. The number of nitrogens with zero attached hydrogens (tertiary/aromatic N) is 6. The van der Waals surface area contributed by atoms with Crippen molar-refractivity contribution in [2.75, 3.05) is 44.2 Å². The lowest BCUT2D eigenvalue weighted by Gasteiger charge is -2.37. The predicted molar refractivity (Wildman–Crippen MR) is 150 cm³/mol. The number of carbonyl (C=O) groups excluding carboxylic acids is 1. The van der Waals surface area contributed by atoms with Crippen LogP contribution in [0.5, 0.6) is 0 Å². The van der Waals surface area contributed by atoms with Crippen molar-refractivity contribution in [2.45, 2.75) is 64.5 Å². The van der Waals surface area contributed by atoms with Crippen molar-refractivity contribution in [1.29, 1.82) is 0 Å². The van der Waals surface area contributed by atoms with Crippen LogP contribution in [0.25, 0.3) is 11.1 Å². The number of anilines is 1. The number of hydrogen-bond donors (Lipinski definition) is 2. The van der Waals surface area contributed by atoms with Gasteiger partial charge in [0.2, 0.25) is 5.95 Å². The molecule has 0 bridgehead atoms. The van der Waals surface area contributed by atoms with Crippen molar-refractivity contribution in [1.82, 2.24) is 24.3 Å². The molecule has 0 spiro atoms. The van der Waals surface area contributed by atoms with Crippen molar-refractivity contribution in [3.05, 3.63) is 30.4 Å². The zero-order chi connectivity index (χ0) is 33.5. The number of piperazine rings is 1. The van der Waals surface area contributed by atoms with Crippen molar-refractivity contribution < 1.29 is 50.9 Å². The first kappa shape index (κ1) is 35.6. The SMILES string of the molecule is CC(C)N1CCN(C(=O)c2cc(-c3cnc(N4CCCC4)nc3)cn2CC2CC2)CC1.O=C(O)C(F)(F)F.O=C(O)C(F)(F)F. The number of aromatic nitrogens is 3. The minimum atomic E-state index is -5.08. The molecule has 11 nitrogen and oxygen atoms in total. The van der Waals surface area contributed by atoms with Crippen LogP contribution in [0.1, 0.15) is 50.0 Å². The predicted octanol–water partition coefficient (Wildman–Crippen LogP) is 4.39. The number of halogens is 6. The van der Waals surface area contributed by atoms with E-state index in [1.54, 1.807) is 0 Å². The molecule has 3 aliphatic rings. The molecule has 0 aromatic carbocycles. The van der Waals surface area contributed by atoms with Gasteiger partial charge in [-0.1, -0.05) is 0 Å². The molecule has 1 saturated carbocycles. The highest BCUT2D eigenvalue weighted by Gasteiger charge is 2.39. The van der Waals surface area contributed by atoms with Crippen LogP contribution in [0.3, 0.4) is 0 Å². The van der Waals surface area contributed by atoms with Gasteiger partial charge in [-0.25, -0.2) is 19.6 Å². The number of carbonyl (C=O) groups is 3. The van der Waals surface area contributed by atoms with Gasteiger partial charge in [0.15, 0.2) is 0 Å². The second-order valence-corrected chi connectivity index (χ2v) is 11.2. The van der Waals surface area contributed by atoms with Gasteiger partial charge in [0.25, 0.3) is 5.91 Å². The van der Waals surface area contributed by atoms with E-state index in [4.69, 9.17) is 19.8 Å².